The number of allylic oxidation sites excluding steroid dienone is 1. The van der Waals surface area contributed by atoms with Crippen LogP contribution in [0.5, 0.6) is 5.75 Å². The van der Waals surface area contributed by atoms with Gasteiger partial charge >= 0.3 is 0 Å². The summed E-state index contributed by atoms with van der Waals surface area (Å²) in [7, 11) is 0. The maximum atomic E-state index is 9.50. The number of nitriles is 2. The number of ether oxygens (including phenoxy) is 1. The molecule has 0 aliphatic carbocycles. The number of rotatable bonds is 5. The smallest absolute Gasteiger partial charge is 0.120 e. The average Bonchev–Trinajstić information content (AvgIpc) is 2.72. The highest BCUT2D eigenvalue weighted by Crippen LogP contribution is 2.21. The Morgan fingerprint density at radius 2 is 1.70 bits per heavy atom. The molecule has 3 aromatic carbocycles. The van der Waals surface area contributed by atoms with Gasteiger partial charge in [-0.15, -0.1) is 0 Å². The lowest BCUT2D eigenvalue weighted by molar-refractivity contribution is 0.306. The molecule has 0 saturated heterocycles. The first-order valence-corrected chi connectivity index (χ1v) is 8.59. The molecule has 3 aromatic rings. The maximum Gasteiger partial charge on any atom is 0.120 e. The molecule has 0 aliphatic heterocycles. The lowest BCUT2D eigenvalue weighted by Gasteiger charge is -2.08. The fourth-order valence-electron chi connectivity index (χ4n) is 2.62. The highest BCUT2D eigenvalue weighted by atomic mass is 16.5. The summed E-state index contributed by atoms with van der Waals surface area (Å²) in [6.07, 6.45) is 1.82. The Balaban J connectivity index is 1.77. The van der Waals surface area contributed by atoms with Crippen molar-refractivity contribution < 1.29 is 4.74 Å². The van der Waals surface area contributed by atoms with E-state index in [0.29, 0.717) is 17.7 Å². The second-order valence-electron chi connectivity index (χ2n) is 6.21. The normalized spacial score (nSPS) is 10.7. The van der Waals surface area contributed by atoms with Crippen LogP contribution in [0.25, 0.3) is 11.6 Å². The van der Waals surface area contributed by atoms with Gasteiger partial charge in [0, 0.05) is 0 Å². The van der Waals surface area contributed by atoms with Crippen molar-refractivity contribution in [3.8, 4) is 17.9 Å². The van der Waals surface area contributed by atoms with Gasteiger partial charge in [-0.1, -0.05) is 54.1 Å². The molecule has 0 N–H and O–H groups in total. The number of benzene rings is 3. The highest BCUT2D eigenvalue weighted by molar-refractivity contribution is 5.89. The van der Waals surface area contributed by atoms with Crippen LogP contribution < -0.4 is 4.74 Å². The standard InChI is InChI=1S/C24H18N2O/c1-18-5-7-20(8-6-18)17-27-24-4-2-3-21(14-24)13-23(16-26)22-11-9-19(15-25)10-12-22/h2-14H,17H2,1H3/b23-13-. The molecular weight excluding hydrogens is 332 g/mol. The van der Waals surface area contributed by atoms with Crippen LogP contribution in [0.2, 0.25) is 0 Å². The van der Waals surface area contributed by atoms with E-state index in [2.05, 4.69) is 43.3 Å². The van der Waals surface area contributed by atoms with Crippen molar-refractivity contribution in [3.63, 3.8) is 0 Å². The molecule has 3 heteroatoms. The average molecular weight is 350 g/mol. The summed E-state index contributed by atoms with van der Waals surface area (Å²) < 4.78 is 5.88. The van der Waals surface area contributed by atoms with Gasteiger partial charge in [0.25, 0.3) is 0 Å². The van der Waals surface area contributed by atoms with Crippen LogP contribution in [0.4, 0.5) is 0 Å². The van der Waals surface area contributed by atoms with Crippen molar-refractivity contribution in [3.05, 3.63) is 101 Å². The molecule has 0 aromatic heterocycles. The van der Waals surface area contributed by atoms with E-state index in [9.17, 15) is 5.26 Å². The first kappa shape index (κ1) is 18.0. The summed E-state index contributed by atoms with van der Waals surface area (Å²) in [6.45, 7) is 2.55. The molecule has 0 aliphatic rings. The van der Waals surface area contributed by atoms with E-state index in [1.807, 2.05) is 30.3 Å². The summed E-state index contributed by atoms with van der Waals surface area (Å²) >= 11 is 0. The van der Waals surface area contributed by atoms with Gasteiger partial charge in [0.15, 0.2) is 0 Å². The van der Waals surface area contributed by atoms with Gasteiger partial charge in [-0.05, 0) is 54.0 Å². The van der Waals surface area contributed by atoms with Crippen LogP contribution >= 0.6 is 0 Å². The summed E-state index contributed by atoms with van der Waals surface area (Å²) in [5.74, 6) is 0.751. The summed E-state index contributed by atoms with van der Waals surface area (Å²) in [6, 6.07) is 27.2. The SMILES string of the molecule is Cc1ccc(COc2cccc(/C=C(/C#N)c3ccc(C#N)cc3)c2)cc1. The second kappa shape index (κ2) is 8.52. The van der Waals surface area contributed by atoms with E-state index in [0.717, 1.165) is 22.4 Å². The minimum absolute atomic E-state index is 0.494. The van der Waals surface area contributed by atoms with Gasteiger partial charge in [-0.25, -0.2) is 0 Å². The monoisotopic (exact) mass is 350 g/mol. The third kappa shape index (κ3) is 4.84. The minimum atomic E-state index is 0.494. The predicted octanol–water partition coefficient (Wildman–Crippen LogP) is 5.51. The molecule has 0 amide bonds. The topological polar surface area (TPSA) is 56.8 Å². The van der Waals surface area contributed by atoms with Gasteiger partial charge in [0.05, 0.1) is 23.3 Å². The Morgan fingerprint density at radius 3 is 2.37 bits per heavy atom. The van der Waals surface area contributed by atoms with E-state index in [1.165, 1.54) is 5.56 Å². The summed E-state index contributed by atoms with van der Waals surface area (Å²) in [4.78, 5) is 0. The summed E-state index contributed by atoms with van der Waals surface area (Å²) in [5.41, 5.74) is 5.10. The van der Waals surface area contributed by atoms with Gasteiger partial charge in [0.1, 0.15) is 12.4 Å². The van der Waals surface area contributed by atoms with Crippen molar-refractivity contribution in [1.82, 2.24) is 0 Å². The molecule has 0 atom stereocenters. The van der Waals surface area contributed by atoms with Gasteiger partial charge in [-0.3, -0.25) is 0 Å². The fraction of sp³-hybridized carbons (Fsp3) is 0.0833. The molecule has 0 radical (unpaired) electrons. The molecule has 0 saturated carbocycles. The lowest BCUT2D eigenvalue weighted by atomic mass is 10.0. The fourth-order valence-corrected chi connectivity index (χ4v) is 2.62. The van der Waals surface area contributed by atoms with E-state index < -0.39 is 0 Å². The van der Waals surface area contributed by atoms with E-state index >= 15 is 0 Å². The highest BCUT2D eigenvalue weighted by Gasteiger charge is 2.03. The first-order chi connectivity index (χ1) is 13.2. The van der Waals surface area contributed by atoms with Crippen molar-refractivity contribution >= 4 is 11.6 Å². The largest absolute Gasteiger partial charge is 0.489 e. The molecule has 130 valence electrons. The maximum absolute atomic E-state index is 9.50. The second-order valence-corrected chi connectivity index (χ2v) is 6.21. The Morgan fingerprint density at radius 1 is 0.963 bits per heavy atom. The molecule has 0 spiro atoms. The zero-order valence-electron chi connectivity index (χ0n) is 15.0. The van der Waals surface area contributed by atoms with E-state index in [1.54, 1.807) is 24.3 Å². The number of aryl methyl sites for hydroxylation is 1. The quantitative estimate of drug-likeness (QED) is 0.450. The molecule has 0 bridgehead atoms. The molecular formula is C24H18N2O. The zero-order chi connectivity index (χ0) is 19.1. The number of hydrogen-bond acceptors (Lipinski definition) is 3. The van der Waals surface area contributed by atoms with Crippen LogP contribution in [0.1, 0.15) is 27.8 Å². The number of nitrogens with zero attached hydrogens (tertiary/aromatic N) is 2. The Bertz CT molecular complexity index is 1030. The molecule has 0 heterocycles. The van der Waals surface area contributed by atoms with Crippen LogP contribution in [-0.2, 0) is 6.61 Å². The Labute approximate surface area is 159 Å². The van der Waals surface area contributed by atoms with Crippen LogP contribution in [-0.4, -0.2) is 0 Å². The molecule has 0 fully saturated rings. The van der Waals surface area contributed by atoms with Gasteiger partial charge in [-0.2, -0.15) is 10.5 Å². The van der Waals surface area contributed by atoms with Crippen LogP contribution in [0, 0.1) is 29.6 Å². The number of hydrogen-bond donors (Lipinski definition) is 0. The van der Waals surface area contributed by atoms with Crippen molar-refractivity contribution in [2.24, 2.45) is 0 Å². The minimum Gasteiger partial charge on any atom is -0.489 e. The van der Waals surface area contributed by atoms with Crippen molar-refractivity contribution in [2.75, 3.05) is 0 Å². The predicted molar refractivity (Wildman–Crippen MR) is 107 cm³/mol. The third-order valence-electron chi connectivity index (χ3n) is 4.14. The van der Waals surface area contributed by atoms with Gasteiger partial charge < -0.3 is 4.74 Å². The van der Waals surface area contributed by atoms with Crippen molar-refractivity contribution in [1.29, 1.82) is 10.5 Å². The van der Waals surface area contributed by atoms with Crippen LogP contribution in [0.3, 0.4) is 0 Å². The Hall–Kier alpha value is -3.82. The molecule has 27 heavy (non-hydrogen) atoms. The molecule has 3 rings (SSSR count). The zero-order valence-corrected chi connectivity index (χ0v) is 15.0. The molecule has 3 nitrogen and oxygen atoms in total. The van der Waals surface area contributed by atoms with Gasteiger partial charge in [0.2, 0.25) is 0 Å². The van der Waals surface area contributed by atoms with E-state index in [-0.39, 0.29) is 0 Å². The first-order valence-electron chi connectivity index (χ1n) is 8.59. The Kier molecular flexibility index (Phi) is 5.67. The van der Waals surface area contributed by atoms with Crippen LogP contribution in [0.15, 0.2) is 72.8 Å². The third-order valence-corrected chi connectivity index (χ3v) is 4.14. The summed E-state index contributed by atoms with van der Waals surface area (Å²) in [5, 5.41) is 18.4. The molecule has 0 unspecified atom stereocenters. The van der Waals surface area contributed by atoms with E-state index in [4.69, 9.17) is 10.00 Å². The lowest BCUT2D eigenvalue weighted by Crippen LogP contribution is -1.95. The van der Waals surface area contributed by atoms with Crippen molar-refractivity contribution in [2.45, 2.75) is 13.5 Å².